The molecule has 0 bridgehead atoms. The lowest BCUT2D eigenvalue weighted by atomic mass is 11.1. The fraction of sp³-hybridized carbons (Fsp3) is 0.500. The Balaban J connectivity index is 4.30. The minimum absolute atomic E-state index is 0.740. The molecule has 8 heteroatoms. The maximum Gasteiger partial charge on any atom is 0.308 e. The van der Waals surface area contributed by atoms with Crippen molar-refractivity contribution in [2.75, 3.05) is 12.5 Å². The molecule has 12 heavy (non-hydrogen) atoms. The first-order valence-corrected chi connectivity index (χ1v) is 6.21. The quantitative estimate of drug-likeness (QED) is 0.461. The molecule has 0 aliphatic rings. The van der Waals surface area contributed by atoms with E-state index in [2.05, 4.69) is 14.9 Å². The van der Waals surface area contributed by atoms with Gasteiger partial charge in [0, 0.05) is 0 Å². The van der Waals surface area contributed by atoms with Gasteiger partial charge < -0.3 is 8.37 Å². The van der Waals surface area contributed by atoms with Crippen molar-refractivity contribution in [3.63, 3.8) is 0 Å². The van der Waals surface area contributed by atoms with Crippen molar-refractivity contribution in [2.45, 2.75) is 0 Å². The maximum absolute atomic E-state index is 10.4. The van der Waals surface area contributed by atoms with E-state index in [4.69, 9.17) is 0 Å². The first kappa shape index (κ1) is 11.2. The molecule has 0 saturated heterocycles. The normalized spacial score (nSPS) is 12.2. The van der Waals surface area contributed by atoms with Crippen LogP contribution in [0.4, 0.5) is 0 Å². The average Bonchev–Trinajstić information content (AvgIpc) is 1.49. The van der Waals surface area contributed by atoms with Crippen LogP contribution >= 0.6 is 0 Å². The summed E-state index contributed by atoms with van der Waals surface area (Å²) in [5, 5.41) is 0. The number of hydrogen-bond acceptors (Lipinski definition) is 6. The Hall–Kier alpha value is -0.760. The van der Waals surface area contributed by atoms with Gasteiger partial charge >= 0.3 is 26.2 Å². The van der Waals surface area contributed by atoms with Gasteiger partial charge in [-0.25, -0.2) is 0 Å². The summed E-state index contributed by atoms with van der Waals surface area (Å²) in [6.07, 6.45) is 1.48. The second-order valence-electron chi connectivity index (χ2n) is 1.95. The lowest BCUT2D eigenvalue weighted by molar-refractivity contribution is 0.241. The summed E-state index contributed by atoms with van der Waals surface area (Å²) in [5.41, 5.74) is 0. The van der Waals surface area contributed by atoms with E-state index in [1.165, 1.54) is 0 Å². The molecule has 6 nitrogen and oxygen atoms in total. The highest BCUT2D eigenvalue weighted by Crippen LogP contribution is 2.04. The molecule has 0 aromatic heterocycles. The van der Waals surface area contributed by atoms with E-state index in [-0.39, 0.29) is 0 Å². The minimum Gasteiger partial charge on any atom is -0.346 e. The number of hydrogen-bond donors (Lipinski definition) is 0. The van der Waals surface area contributed by atoms with Crippen LogP contribution in [0.25, 0.3) is 0 Å². The van der Waals surface area contributed by atoms with Gasteiger partial charge in [-0.05, 0) is 6.58 Å². The molecule has 0 fully saturated rings. The van der Waals surface area contributed by atoms with Gasteiger partial charge in [-0.15, -0.1) is 0 Å². The largest absolute Gasteiger partial charge is 0.346 e. The van der Waals surface area contributed by atoms with Crippen molar-refractivity contribution in [1.82, 2.24) is 0 Å². The van der Waals surface area contributed by atoms with Gasteiger partial charge in [-0.2, -0.15) is 16.8 Å². The van der Waals surface area contributed by atoms with E-state index in [1.54, 1.807) is 0 Å². The smallest absolute Gasteiger partial charge is 0.308 e. The third kappa shape index (κ3) is 7.35. The molecule has 0 atom stereocenters. The predicted molar refractivity (Wildman–Crippen MR) is 41.0 cm³/mol. The fourth-order valence-corrected chi connectivity index (χ4v) is 1.14. The molecular weight excluding hydrogens is 208 g/mol. The van der Waals surface area contributed by atoms with Crippen LogP contribution in [0.15, 0.2) is 12.5 Å². The highest BCUT2D eigenvalue weighted by atomic mass is 32.2. The molecule has 0 amide bonds. The second-order valence-corrected chi connectivity index (χ2v) is 5.10. The van der Waals surface area contributed by atoms with Gasteiger partial charge in [0.05, 0.1) is 12.5 Å². The Morgan fingerprint density at radius 2 is 1.25 bits per heavy atom. The van der Waals surface area contributed by atoms with Crippen LogP contribution in [-0.4, -0.2) is 29.3 Å². The van der Waals surface area contributed by atoms with E-state index in [9.17, 15) is 16.8 Å². The summed E-state index contributed by atoms with van der Waals surface area (Å²) in [5.74, 6) is -0.792. The zero-order valence-corrected chi connectivity index (χ0v) is 8.11. The summed E-state index contributed by atoms with van der Waals surface area (Å²) in [4.78, 5) is 0. The van der Waals surface area contributed by atoms with Gasteiger partial charge in [0.15, 0.2) is 0 Å². The maximum atomic E-state index is 10.4. The van der Waals surface area contributed by atoms with Gasteiger partial charge in [-0.1, -0.05) is 0 Å². The number of rotatable bonds is 4. The topological polar surface area (TPSA) is 86.7 Å². The van der Waals surface area contributed by atoms with Crippen LogP contribution in [-0.2, 0) is 28.6 Å². The molecule has 0 aliphatic heterocycles. The molecule has 0 aromatic rings. The Morgan fingerprint density at radius 3 is 1.42 bits per heavy atom. The van der Waals surface area contributed by atoms with Crippen molar-refractivity contribution in [1.29, 1.82) is 0 Å². The van der Waals surface area contributed by atoms with Crippen molar-refractivity contribution < 1.29 is 25.2 Å². The van der Waals surface area contributed by atoms with Crippen molar-refractivity contribution in [2.24, 2.45) is 0 Å². The van der Waals surface area contributed by atoms with Gasteiger partial charge in [0.2, 0.25) is 0 Å². The van der Waals surface area contributed by atoms with Gasteiger partial charge in [-0.3, -0.25) is 0 Å². The fourth-order valence-electron chi connectivity index (χ4n) is 0.352. The average molecular weight is 216 g/mol. The van der Waals surface area contributed by atoms with Crippen LogP contribution in [0.5, 0.6) is 0 Å². The molecule has 0 radical (unpaired) electrons. The Bertz CT molecular complexity index is 324. The lowest BCUT2D eigenvalue weighted by Gasteiger charge is -2.04. The highest BCUT2D eigenvalue weighted by Gasteiger charge is 2.11. The first-order chi connectivity index (χ1) is 5.10. The van der Waals surface area contributed by atoms with Crippen LogP contribution in [0.1, 0.15) is 0 Å². The molecule has 72 valence electrons. The molecular formula is C4H8O6S2. The SMILES string of the molecule is C=C(OS(C)(=O)=O)OS(C)(=O)=O. The summed E-state index contributed by atoms with van der Waals surface area (Å²) in [7, 11) is -7.57. The first-order valence-electron chi connectivity index (χ1n) is 2.58. The summed E-state index contributed by atoms with van der Waals surface area (Å²) in [6.45, 7) is 2.92. The van der Waals surface area contributed by atoms with Crippen LogP contribution in [0.3, 0.4) is 0 Å². The van der Waals surface area contributed by atoms with Crippen LogP contribution < -0.4 is 0 Å². The van der Waals surface area contributed by atoms with E-state index in [0.29, 0.717) is 0 Å². The molecule has 0 spiro atoms. The summed E-state index contributed by atoms with van der Waals surface area (Å²) in [6, 6.07) is 0. The van der Waals surface area contributed by atoms with Gasteiger partial charge in [0.1, 0.15) is 0 Å². The second kappa shape index (κ2) is 3.31. The zero-order chi connectivity index (χ0) is 9.99. The minimum atomic E-state index is -3.78. The van der Waals surface area contributed by atoms with E-state index >= 15 is 0 Å². The predicted octanol–water partition coefficient (Wildman–Crippen LogP) is -0.590. The highest BCUT2D eigenvalue weighted by molar-refractivity contribution is 7.86. The van der Waals surface area contributed by atoms with Crippen molar-refractivity contribution >= 4 is 20.2 Å². The van der Waals surface area contributed by atoms with E-state index < -0.39 is 26.2 Å². The third-order valence-corrected chi connectivity index (χ3v) is 1.47. The Labute approximate surface area is 71.0 Å². The molecule has 0 rings (SSSR count). The standard InChI is InChI=1S/C4H8O6S2/c1-4(9-11(2,5)6)10-12(3,7)8/h1H2,2-3H3. The Morgan fingerprint density at radius 1 is 1.00 bits per heavy atom. The Kier molecular flexibility index (Phi) is 3.10. The van der Waals surface area contributed by atoms with E-state index in [1.807, 2.05) is 0 Å². The molecule has 0 heterocycles. The lowest BCUT2D eigenvalue weighted by Crippen LogP contribution is -2.08. The van der Waals surface area contributed by atoms with E-state index in [0.717, 1.165) is 12.5 Å². The van der Waals surface area contributed by atoms with Crippen LogP contribution in [0.2, 0.25) is 0 Å². The monoisotopic (exact) mass is 216 g/mol. The van der Waals surface area contributed by atoms with Crippen LogP contribution in [0, 0.1) is 0 Å². The molecule has 0 N–H and O–H groups in total. The summed E-state index contributed by atoms with van der Waals surface area (Å²) >= 11 is 0. The molecule has 0 aromatic carbocycles. The third-order valence-electron chi connectivity index (χ3n) is 0.489. The van der Waals surface area contributed by atoms with Crippen molar-refractivity contribution in [3.8, 4) is 0 Å². The molecule has 0 saturated carbocycles. The summed E-state index contributed by atoms with van der Waals surface area (Å²) < 4.78 is 49.5. The molecule has 0 aliphatic carbocycles. The molecule has 0 unspecified atom stereocenters. The zero-order valence-electron chi connectivity index (χ0n) is 6.47. The van der Waals surface area contributed by atoms with Gasteiger partial charge in [0.25, 0.3) is 0 Å². The van der Waals surface area contributed by atoms with Crippen molar-refractivity contribution in [3.05, 3.63) is 12.5 Å².